The highest BCUT2D eigenvalue weighted by molar-refractivity contribution is 4.89. The summed E-state index contributed by atoms with van der Waals surface area (Å²) in [6.07, 6.45) is 7.50. The van der Waals surface area contributed by atoms with Gasteiger partial charge < -0.3 is 10.4 Å². The van der Waals surface area contributed by atoms with Gasteiger partial charge in [0.1, 0.15) is 0 Å². The van der Waals surface area contributed by atoms with Crippen LogP contribution < -0.4 is 5.32 Å². The first-order chi connectivity index (χ1) is 5.74. The molecule has 0 aliphatic carbocycles. The average molecular weight is 169 g/mol. The van der Waals surface area contributed by atoms with Gasteiger partial charge in [0, 0.05) is 19.0 Å². The summed E-state index contributed by atoms with van der Waals surface area (Å²) < 4.78 is 0. The van der Waals surface area contributed by atoms with Gasteiger partial charge in [0.05, 0.1) is 6.10 Å². The summed E-state index contributed by atoms with van der Waals surface area (Å²) in [6.45, 7) is 4.71. The van der Waals surface area contributed by atoms with Crippen LogP contribution in [0.25, 0.3) is 0 Å². The predicted octanol–water partition coefficient (Wildman–Crippen LogP) is 1.15. The molecule has 12 heavy (non-hydrogen) atoms. The van der Waals surface area contributed by atoms with Crippen molar-refractivity contribution in [3.8, 4) is 12.3 Å². The van der Waals surface area contributed by atoms with Gasteiger partial charge >= 0.3 is 0 Å². The van der Waals surface area contributed by atoms with Crippen LogP contribution in [0, 0.1) is 12.3 Å². The summed E-state index contributed by atoms with van der Waals surface area (Å²) in [5, 5.41) is 12.5. The normalized spacial score (nSPS) is 15.2. The summed E-state index contributed by atoms with van der Waals surface area (Å²) in [6, 6.07) is 0.358. The molecule has 0 rings (SSSR count). The minimum Gasteiger partial charge on any atom is -0.392 e. The van der Waals surface area contributed by atoms with E-state index in [1.165, 1.54) is 0 Å². The average Bonchev–Trinajstić information content (AvgIpc) is 2.11. The van der Waals surface area contributed by atoms with E-state index in [-0.39, 0.29) is 6.10 Å². The zero-order valence-corrected chi connectivity index (χ0v) is 8.01. The standard InChI is InChI=1S/C10H19NO/c1-4-7-9(5-2)11-8-10(12)6-3/h1,9-12H,5-8H2,2-3H3. The van der Waals surface area contributed by atoms with Gasteiger partial charge in [0.15, 0.2) is 0 Å². The van der Waals surface area contributed by atoms with Crippen molar-refractivity contribution in [3.63, 3.8) is 0 Å². The smallest absolute Gasteiger partial charge is 0.0662 e. The molecule has 0 aromatic rings. The molecule has 2 unspecified atom stereocenters. The lowest BCUT2D eigenvalue weighted by Gasteiger charge is -2.16. The molecule has 0 saturated carbocycles. The van der Waals surface area contributed by atoms with Crippen LogP contribution in [0.1, 0.15) is 33.1 Å². The van der Waals surface area contributed by atoms with Gasteiger partial charge in [-0.1, -0.05) is 13.8 Å². The minimum absolute atomic E-state index is 0.239. The third-order valence-corrected chi connectivity index (χ3v) is 1.97. The molecule has 0 aliphatic rings. The zero-order chi connectivity index (χ0) is 9.40. The fourth-order valence-corrected chi connectivity index (χ4v) is 0.950. The number of hydrogen-bond acceptors (Lipinski definition) is 2. The predicted molar refractivity (Wildman–Crippen MR) is 51.8 cm³/mol. The monoisotopic (exact) mass is 169 g/mol. The first kappa shape index (κ1) is 11.5. The van der Waals surface area contributed by atoms with Crippen molar-refractivity contribution in [2.45, 2.75) is 45.3 Å². The number of aliphatic hydroxyl groups is 1. The van der Waals surface area contributed by atoms with Crippen molar-refractivity contribution in [1.82, 2.24) is 5.32 Å². The quantitative estimate of drug-likeness (QED) is 0.585. The molecule has 0 heterocycles. The van der Waals surface area contributed by atoms with Crippen molar-refractivity contribution in [3.05, 3.63) is 0 Å². The summed E-state index contributed by atoms with van der Waals surface area (Å²) in [7, 11) is 0. The minimum atomic E-state index is -0.239. The summed E-state index contributed by atoms with van der Waals surface area (Å²) in [4.78, 5) is 0. The van der Waals surface area contributed by atoms with E-state index >= 15 is 0 Å². The summed E-state index contributed by atoms with van der Waals surface area (Å²) >= 11 is 0. The molecule has 0 aliphatic heterocycles. The molecule has 2 nitrogen and oxygen atoms in total. The Kier molecular flexibility index (Phi) is 6.84. The van der Waals surface area contributed by atoms with Crippen molar-refractivity contribution < 1.29 is 5.11 Å². The van der Waals surface area contributed by atoms with Crippen molar-refractivity contribution >= 4 is 0 Å². The second-order valence-corrected chi connectivity index (χ2v) is 2.98. The molecule has 0 fully saturated rings. The molecule has 70 valence electrons. The van der Waals surface area contributed by atoms with Gasteiger partial charge in [-0.2, -0.15) is 0 Å². The van der Waals surface area contributed by atoms with E-state index in [0.717, 1.165) is 19.3 Å². The van der Waals surface area contributed by atoms with E-state index in [9.17, 15) is 5.11 Å². The highest BCUT2D eigenvalue weighted by atomic mass is 16.3. The number of aliphatic hydroxyl groups excluding tert-OH is 1. The van der Waals surface area contributed by atoms with Gasteiger partial charge in [-0.25, -0.2) is 0 Å². The van der Waals surface area contributed by atoms with Crippen LogP contribution >= 0.6 is 0 Å². The van der Waals surface area contributed by atoms with Crippen LogP contribution in [0.3, 0.4) is 0 Å². The van der Waals surface area contributed by atoms with Crippen LogP contribution in [0.15, 0.2) is 0 Å². The first-order valence-corrected chi connectivity index (χ1v) is 4.59. The lowest BCUT2D eigenvalue weighted by atomic mass is 10.1. The van der Waals surface area contributed by atoms with E-state index < -0.39 is 0 Å². The van der Waals surface area contributed by atoms with Gasteiger partial charge in [-0.05, 0) is 12.8 Å². The Morgan fingerprint density at radius 3 is 2.50 bits per heavy atom. The first-order valence-electron chi connectivity index (χ1n) is 4.59. The van der Waals surface area contributed by atoms with Gasteiger partial charge in [0.2, 0.25) is 0 Å². The Morgan fingerprint density at radius 2 is 2.08 bits per heavy atom. The molecule has 0 aromatic carbocycles. The number of hydrogen-bond donors (Lipinski definition) is 2. The van der Waals surface area contributed by atoms with E-state index in [1.54, 1.807) is 0 Å². The van der Waals surface area contributed by atoms with Gasteiger partial charge in [0.25, 0.3) is 0 Å². The van der Waals surface area contributed by atoms with Gasteiger partial charge in [-0.3, -0.25) is 0 Å². The molecule has 0 radical (unpaired) electrons. The molecule has 0 saturated heterocycles. The topological polar surface area (TPSA) is 32.3 Å². The molecular weight excluding hydrogens is 150 g/mol. The Morgan fingerprint density at radius 1 is 1.42 bits per heavy atom. The van der Waals surface area contributed by atoms with E-state index in [0.29, 0.717) is 12.6 Å². The van der Waals surface area contributed by atoms with Crippen LogP contribution in [-0.4, -0.2) is 23.8 Å². The highest BCUT2D eigenvalue weighted by Crippen LogP contribution is 1.96. The van der Waals surface area contributed by atoms with Crippen LogP contribution in [0.5, 0.6) is 0 Å². The lowest BCUT2D eigenvalue weighted by molar-refractivity contribution is 0.162. The molecule has 2 N–H and O–H groups in total. The van der Waals surface area contributed by atoms with Crippen LogP contribution in [0.2, 0.25) is 0 Å². The molecule has 0 amide bonds. The Hall–Kier alpha value is -0.520. The van der Waals surface area contributed by atoms with Crippen molar-refractivity contribution in [1.29, 1.82) is 0 Å². The van der Waals surface area contributed by atoms with E-state index in [2.05, 4.69) is 18.2 Å². The fraction of sp³-hybridized carbons (Fsp3) is 0.800. The molecular formula is C10H19NO. The summed E-state index contributed by atoms with van der Waals surface area (Å²) in [5.74, 6) is 2.62. The van der Waals surface area contributed by atoms with Crippen LogP contribution in [-0.2, 0) is 0 Å². The highest BCUT2D eigenvalue weighted by Gasteiger charge is 2.05. The van der Waals surface area contributed by atoms with E-state index in [4.69, 9.17) is 6.42 Å². The van der Waals surface area contributed by atoms with Crippen LogP contribution in [0.4, 0.5) is 0 Å². The maximum atomic E-state index is 9.26. The Balaban J connectivity index is 3.51. The number of rotatable bonds is 6. The lowest BCUT2D eigenvalue weighted by Crippen LogP contribution is -2.34. The zero-order valence-electron chi connectivity index (χ0n) is 8.01. The molecule has 0 bridgehead atoms. The second-order valence-electron chi connectivity index (χ2n) is 2.98. The summed E-state index contributed by atoms with van der Waals surface area (Å²) in [5.41, 5.74) is 0. The number of nitrogens with one attached hydrogen (secondary N) is 1. The molecule has 0 spiro atoms. The molecule has 2 atom stereocenters. The maximum absolute atomic E-state index is 9.26. The largest absolute Gasteiger partial charge is 0.392 e. The number of terminal acetylenes is 1. The Bertz CT molecular complexity index is 139. The van der Waals surface area contributed by atoms with Crippen molar-refractivity contribution in [2.75, 3.05) is 6.54 Å². The fourth-order valence-electron chi connectivity index (χ4n) is 0.950. The van der Waals surface area contributed by atoms with Gasteiger partial charge in [-0.15, -0.1) is 12.3 Å². The Labute approximate surface area is 75.4 Å². The SMILES string of the molecule is C#CCC(CC)NCC(O)CC. The third-order valence-electron chi connectivity index (χ3n) is 1.97. The second kappa shape index (κ2) is 7.15. The molecule has 0 aromatic heterocycles. The maximum Gasteiger partial charge on any atom is 0.0662 e. The van der Waals surface area contributed by atoms with E-state index in [1.807, 2.05) is 6.92 Å². The molecule has 2 heteroatoms. The third kappa shape index (κ3) is 5.17. The van der Waals surface area contributed by atoms with Crippen molar-refractivity contribution in [2.24, 2.45) is 0 Å².